The summed E-state index contributed by atoms with van der Waals surface area (Å²) < 4.78 is 38.4. The second-order valence-corrected chi connectivity index (χ2v) is 7.76. The minimum Gasteiger partial charge on any atom is -0.475 e. The summed E-state index contributed by atoms with van der Waals surface area (Å²) in [5, 5.41) is 18.8. The number of aromatic nitrogens is 3. The largest absolute Gasteiger partial charge is 0.490 e. The van der Waals surface area contributed by atoms with E-state index in [1.165, 1.54) is 17.3 Å². The number of carbonyl (C=O) groups excluding carboxylic acids is 2. The van der Waals surface area contributed by atoms with Crippen molar-refractivity contribution in [1.29, 1.82) is 0 Å². The number of nitrogens with zero attached hydrogens (tertiary/aromatic N) is 3. The van der Waals surface area contributed by atoms with Gasteiger partial charge in [0.1, 0.15) is 0 Å². The minimum absolute atomic E-state index is 0.133. The summed E-state index contributed by atoms with van der Waals surface area (Å²) in [6.45, 7) is 6.09. The molecule has 2 rings (SSSR count). The number of carboxylic acids is 1. The van der Waals surface area contributed by atoms with Gasteiger partial charge in [-0.25, -0.2) is 9.48 Å². The van der Waals surface area contributed by atoms with E-state index in [9.17, 15) is 22.8 Å². The van der Waals surface area contributed by atoms with Gasteiger partial charge in [-0.2, -0.15) is 13.2 Å². The number of hydrogen-bond donors (Lipinski definition) is 2. The van der Waals surface area contributed by atoms with Crippen LogP contribution < -0.4 is 5.32 Å². The molecular formula is C18H25F3N4O5S. The zero-order valence-electron chi connectivity index (χ0n) is 17.1. The fourth-order valence-corrected chi connectivity index (χ4v) is 3.53. The third-order valence-corrected chi connectivity index (χ3v) is 5.07. The number of esters is 1. The molecule has 1 aromatic rings. The molecule has 0 bridgehead atoms. The van der Waals surface area contributed by atoms with E-state index in [0.717, 1.165) is 25.2 Å². The number of halogens is 3. The molecular weight excluding hydrogens is 441 g/mol. The second-order valence-electron chi connectivity index (χ2n) is 6.38. The number of piperidine rings is 1. The highest BCUT2D eigenvalue weighted by molar-refractivity contribution is 8.14. The smallest absolute Gasteiger partial charge is 0.475 e. The first kappa shape index (κ1) is 26.6. The number of alkyl halides is 3. The molecule has 1 aliphatic heterocycles. The molecule has 0 radical (unpaired) electrons. The van der Waals surface area contributed by atoms with Crippen LogP contribution in [0.4, 0.5) is 13.2 Å². The quantitative estimate of drug-likeness (QED) is 0.583. The molecule has 2 heterocycles. The lowest BCUT2D eigenvalue weighted by molar-refractivity contribution is -0.192. The molecule has 1 unspecified atom stereocenters. The molecule has 0 spiro atoms. The number of carboxylic acid groups (broad SMARTS) is 1. The van der Waals surface area contributed by atoms with E-state index in [0.29, 0.717) is 26.0 Å². The van der Waals surface area contributed by atoms with Crippen molar-refractivity contribution >= 4 is 34.9 Å². The average Bonchev–Trinajstić information content (AvgIpc) is 3.10. The Morgan fingerprint density at radius 1 is 1.42 bits per heavy atom. The molecule has 0 amide bonds. The lowest BCUT2D eigenvalue weighted by Gasteiger charge is -2.24. The molecule has 174 valence electrons. The van der Waals surface area contributed by atoms with Crippen LogP contribution in [-0.4, -0.2) is 68.3 Å². The first-order chi connectivity index (χ1) is 14.5. The van der Waals surface area contributed by atoms with Crippen LogP contribution in [0.25, 0.3) is 6.08 Å². The van der Waals surface area contributed by atoms with Gasteiger partial charge in [0.15, 0.2) is 5.12 Å². The molecule has 0 aliphatic carbocycles. The lowest BCUT2D eigenvalue weighted by atomic mass is 10.0. The maximum Gasteiger partial charge on any atom is 0.490 e. The fourth-order valence-electron chi connectivity index (χ4n) is 2.59. The Morgan fingerprint density at radius 3 is 2.68 bits per heavy atom. The number of ether oxygens (including phenoxy) is 1. The van der Waals surface area contributed by atoms with E-state index in [2.05, 4.69) is 21.7 Å². The van der Waals surface area contributed by atoms with Gasteiger partial charge in [0, 0.05) is 31.7 Å². The van der Waals surface area contributed by atoms with E-state index >= 15 is 0 Å². The zero-order chi connectivity index (χ0) is 23.4. The van der Waals surface area contributed by atoms with Gasteiger partial charge in [-0.3, -0.25) is 9.59 Å². The van der Waals surface area contributed by atoms with Gasteiger partial charge in [-0.1, -0.05) is 17.0 Å². The highest BCUT2D eigenvalue weighted by atomic mass is 32.2. The number of aryl methyl sites for hydroxylation is 1. The maximum absolute atomic E-state index is 11.4. The van der Waals surface area contributed by atoms with Crippen LogP contribution >= 0.6 is 11.8 Å². The van der Waals surface area contributed by atoms with Crippen LogP contribution in [0.1, 0.15) is 38.8 Å². The fraction of sp³-hybridized carbons (Fsp3) is 0.611. The van der Waals surface area contributed by atoms with Crippen LogP contribution in [0, 0.1) is 0 Å². The first-order valence-corrected chi connectivity index (χ1v) is 10.3. The number of thioether (sulfide) groups is 1. The number of rotatable bonds is 7. The predicted molar refractivity (Wildman–Crippen MR) is 107 cm³/mol. The molecule has 1 aromatic heterocycles. The van der Waals surface area contributed by atoms with E-state index in [1.54, 1.807) is 24.7 Å². The summed E-state index contributed by atoms with van der Waals surface area (Å²) in [4.78, 5) is 31.7. The van der Waals surface area contributed by atoms with E-state index < -0.39 is 12.1 Å². The summed E-state index contributed by atoms with van der Waals surface area (Å²) in [6.07, 6.45) is 0.634. The third-order valence-electron chi connectivity index (χ3n) is 3.91. The molecule has 1 atom stereocenters. The van der Waals surface area contributed by atoms with Gasteiger partial charge in [-0.15, -0.1) is 5.10 Å². The van der Waals surface area contributed by atoms with Crippen molar-refractivity contribution < 1.29 is 37.4 Å². The molecule has 31 heavy (non-hydrogen) atoms. The monoisotopic (exact) mass is 466 g/mol. The van der Waals surface area contributed by atoms with Crippen LogP contribution in [-0.2, 0) is 25.7 Å². The summed E-state index contributed by atoms with van der Waals surface area (Å²) in [6, 6.07) is 0. The van der Waals surface area contributed by atoms with Gasteiger partial charge in [0.25, 0.3) is 0 Å². The van der Waals surface area contributed by atoms with Gasteiger partial charge in [0.2, 0.25) is 0 Å². The Bertz CT molecular complexity index is 782. The Hall–Kier alpha value is -2.41. The van der Waals surface area contributed by atoms with Crippen molar-refractivity contribution in [3.63, 3.8) is 0 Å². The summed E-state index contributed by atoms with van der Waals surface area (Å²) in [7, 11) is 0. The van der Waals surface area contributed by atoms with Gasteiger partial charge in [0.05, 0.1) is 18.5 Å². The van der Waals surface area contributed by atoms with Crippen molar-refractivity contribution in [2.75, 3.05) is 19.7 Å². The van der Waals surface area contributed by atoms with Crippen LogP contribution in [0.5, 0.6) is 0 Å². The number of hydrogen-bond acceptors (Lipinski definition) is 8. The van der Waals surface area contributed by atoms with Crippen LogP contribution in [0.3, 0.4) is 0 Å². The average molecular weight is 466 g/mol. The van der Waals surface area contributed by atoms with E-state index in [-0.39, 0.29) is 16.3 Å². The molecule has 13 heteroatoms. The number of nitrogens with one attached hydrogen (secondary N) is 1. The van der Waals surface area contributed by atoms with Gasteiger partial charge < -0.3 is 15.2 Å². The Balaban J connectivity index is 0.000000592. The van der Waals surface area contributed by atoms with Crippen molar-refractivity contribution in [3.8, 4) is 0 Å². The zero-order valence-corrected chi connectivity index (χ0v) is 18.0. The molecule has 1 saturated heterocycles. The van der Waals surface area contributed by atoms with Crippen molar-refractivity contribution in [3.05, 3.63) is 17.5 Å². The van der Waals surface area contributed by atoms with E-state index in [4.69, 9.17) is 14.6 Å². The molecule has 0 aromatic carbocycles. The number of carbonyl (C=O) groups is 3. The molecule has 9 nitrogen and oxygen atoms in total. The Morgan fingerprint density at radius 2 is 2.10 bits per heavy atom. The maximum atomic E-state index is 11.4. The molecule has 2 N–H and O–H groups in total. The topological polar surface area (TPSA) is 123 Å². The van der Waals surface area contributed by atoms with Crippen molar-refractivity contribution in [2.24, 2.45) is 0 Å². The second kappa shape index (κ2) is 13.1. The third kappa shape index (κ3) is 10.4. The summed E-state index contributed by atoms with van der Waals surface area (Å²) >= 11 is 1.38. The SMILES string of the molecule is CCOC(=O)CCCn1nncc1/C=C1\CNCCC1SC(C)=O.O=C(O)C(F)(F)F. The normalized spacial score (nSPS) is 17.6. The van der Waals surface area contributed by atoms with Crippen LogP contribution in [0.15, 0.2) is 11.8 Å². The highest BCUT2D eigenvalue weighted by Gasteiger charge is 2.38. The predicted octanol–water partition coefficient (Wildman–Crippen LogP) is 2.28. The van der Waals surface area contributed by atoms with Crippen molar-refractivity contribution in [2.45, 2.75) is 51.1 Å². The molecule has 1 aliphatic rings. The molecule has 1 fully saturated rings. The van der Waals surface area contributed by atoms with E-state index in [1.807, 2.05) is 0 Å². The summed E-state index contributed by atoms with van der Waals surface area (Å²) in [5.41, 5.74) is 2.07. The molecule has 0 saturated carbocycles. The standard InChI is InChI=1S/C16H24N4O3S.C2HF3O2/c1-3-23-16(22)5-4-8-20-14(11-18-19-20)9-13-10-17-7-6-15(13)24-12(2)21;3-2(4,5)1(6)7/h9,11,15,17H,3-8,10H2,1-2H3;(H,6,7)/b13-9+;. The Kier molecular flexibility index (Phi) is 11.3. The number of aliphatic carboxylic acids is 1. The minimum atomic E-state index is -5.08. The lowest BCUT2D eigenvalue weighted by Crippen LogP contribution is -2.32. The van der Waals surface area contributed by atoms with Gasteiger partial charge in [-0.05, 0) is 38.0 Å². The highest BCUT2D eigenvalue weighted by Crippen LogP contribution is 2.27. The van der Waals surface area contributed by atoms with Crippen molar-refractivity contribution in [1.82, 2.24) is 20.3 Å². The summed E-state index contributed by atoms with van der Waals surface area (Å²) in [5.74, 6) is -2.94. The van der Waals surface area contributed by atoms with Gasteiger partial charge >= 0.3 is 18.1 Å². The van der Waals surface area contributed by atoms with Crippen LogP contribution in [0.2, 0.25) is 0 Å². The Labute approximate surface area is 181 Å². The first-order valence-electron chi connectivity index (χ1n) is 9.47.